The molecule has 2 aromatic carbocycles. The monoisotopic (exact) mass is 373 g/mol. The van der Waals surface area contributed by atoms with Gasteiger partial charge in [-0.05, 0) is 49.2 Å². The molecule has 1 aliphatic rings. The Morgan fingerprint density at radius 2 is 1.77 bits per heavy atom. The molecule has 0 bridgehead atoms. The number of ether oxygens (including phenoxy) is 1. The van der Waals surface area contributed by atoms with Gasteiger partial charge in [0.05, 0.1) is 10.5 Å². The second kappa shape index (κ2) is 6.92. The van der Waals surface area contributed by atoms with Crippen molar-refractivity contribution < 1.29 is 22.7 Å². The summed E-state index contributed by atoms with van der Waals surface area (Å²) in [5.74, 6) is -0.956. The lowest BCUT2D eigenvalue weighted by molar-refractivity contribution is -0.122. The molecule has 1 heterocycles. The van der Waals surface area contributed by atoms with Gasteiger partial charge in [0.15, 0.2) is 16.4 Å². The molecule has 0 radical (unpaired) electrons. The van der Waals surface area contributed by atoms with Crippen LogP contribution < -0.4 is 4.90 Å². The summed E-state index contributed by atoms with van der Waals surface area (Å²) >= 11 is 0. The molecule has 6 nitrogen and oxygen atoms in total. The Morgan fingerprint density at radius 1 is 1.12 bits per heavy atom. The summed E-state index contributed by atoms with van der Waals surface area (Å²) in [5.41, 5.74) is 2.13. The lowest BCUT2D eigenvalue weighted by Gasteiger charge is -2.22. The first kappa shape index (κ1) is 18.1. The van der Waals surface area contributed by atoms with Crippen molar-refractivity contribution in [1.29, 1.82) is 0 Å². The van der Waals surface area contributed by atoms with Gasteiger partial charge in [0.25, 0.3) is 5.91 Å². The summed E-state index contributed by atoms with van der Waals surface area (Å²) in [6, 6.07) is 13.1. The number of esters is 1. The second-order valence-corrected chi connectivity index (χ2v) is 8.33. The Bertz CT molecular complexity index is 950. The fourth-order valence-corrected chi connectivity index (χ4v) is 3.69. The average molecular weight is 373 g/mol. The largest absolute Gasteiger partial charge is 0.452 e. The normalized spacial score (nSPS) is 16.2. The van der Waals surface area contributed by atoms with Crippen molar-refractivity contribution in [3.8, 4) is 0 Å². The molecule has 0 aliphatic carbocycles. The zero-order valence-corrected chi connectivity index (χ0v) is 15.3. The van der Waals surface area contributed by atoms with E-state index in [4.69, 9.17) is 4.74 Å². The molecule has 1 aliphatic heterocycles. The van der Waals surface area contributed by atoms with Gasteiger partial charge in [-0.15, -0.1) is 0 Å². The molecule has 0 saturated carbocycles. The topological polar surface area (TPSA) is 80.8 Å². The van der Waals surface area contributed by atoms with Crippen molar-refractivity contribution in [1.82, 2.24) is 0 Å². The fraction of sp³-hybridized carbons (Fsp3) is 0.263. The zero-order valence-electron chi connectivity index (χ0n) is 14.5. The van der Waals surface area contributed by atoms with Crippen molar-refractivity contribution >= 4 is 27.4 Å². The Kier molecular flexibility index (Phi) is 4.82. The number of carbonyl (C=O) groups is 2. The lowest BCUT2D eigenvalue weighted by atomic mass is 10.1. The maximum Gasteiger partial charge on any atom is 0.338 e. The summed E-state index contributed by atoms with van der Waals surface area (Å²) in [5, 5.41) is 0. The predicted octanol–water partition coefficient (Wildman–Crippen LogP) is 2.22. The van der Waals surface area contributed by atoms with Crippen LogP contribution in [0.1, 0.15) is 22.8 Å². The second-order valence-electron chi connectivity index (χ2n) is 6.32. The molecule has 0 fully saturated rings. The third-order valence-corrected chi connectivity index (χ3v) is 5.45. The van der Waals surface area contributed by atoms with Gasteiger partial charge in [-0.1, -0.05) is 18.2 Å². The van der Waals surface area contributed by atoms with Gasteiger partial charge in [-0.25, -0.2) is 13.2 Å². The highest BCUT2D eigenvalue weighted by molar-refractivity contribution is 7.90. The first-order valence-corrected chi connectivity index (χ1v) is 10.0. The maximum absolute atomic E-state index is 12.5. The molecule has 2 aromatic rings. The fourth-order valence-electron chi connectivity index (χ4n) is 3.06. The molecule has 1 amide bonds. The Hall–Kier alpha value is -2.67. The van der Waals surface area contributed by atoms with E-state index in [1.54, 1.807) is 4.90 Å². The highest BCUT2D eigenvalue weighted by atomic mass is 32.2. The first-order valence-electron chi connectivity index (χ1n) is 8.14. The average Bonchev–Trinajstić information content (AvgIpc) is 2.94. The van der Waals surface area contributed by atoms with Crippen LogP contribution in [-0.4, -0.2) is 39.2 Å². The number of rotatable bonds is 4. The van der Waals surface area contributed by atoms with Crippen molar-refractivity contribution in [2.45, 2.75) is 24.3 Å². The summed E-state index contributed by atoms with van der Waals surface area (Å²) in [6.07, 6.45) is 1.86. The first-order chi connectivity index (χ1) is 12.3. The number of hydrogen-bond acceptors (Lipinski definition) is 5. The molecular formula is C19H19NO5S. The van der Waals surface area contributed by atoms with E-state index in [1.807, 2.05) is 31.2 Å². The number of sulfone groups is 1. The van der Waals surface area contributed by atoms with E-state index in [0.29, 0.717) is 0 Å². The molecule has 0 saturated heterocycles. The van der Waals surface area contributed by atoms with Crippen LogP contribution in [0.2, 0.25) is 0 Å². The standard InChI is InChI=1S/C19H19NO5S/c1-13-11-15-5-3-4-6-17(15)20(13)18(21)12-25-19(22)14-7-9-16(10-8-14)26(2,23)24/h3-10,13H,11-12H2,1-2H3/t13-/m0/s1. The summed E-state index contributed by atoms with van der Waals surface area (Å²) in [6.45, 7) is 1.58. The number of carbonyl (C=O) groups excluding carboxylic acids is 2. The van der Waals surface area contributed by atoms with Crippen LogP contribution in [0.4, 0.5) is 5.69 Å². The SMILES string of the molecule is C[C@H]1Cc2ccccc2N1C(=O)COC(=O)c1ccc(S(C)(=O)=O)cc1. The van der Waals surface area contributed by atoms with Crippen LogP contribution in [0.25, 0.3) is 0 Å². The molecule has 1 atom stereocenters. The van der Waals surface area contributed by atoms with Crippen LogP contribution >= 0.6 is 0 Å². The van der Waals surface area contributed by atoms with Crippen molar-refractivity contribution in [2.24, 2.45) is 0 Å². The number of benzene rings is 2. The highest BCUT2D eigenvalue weighted by Gasteiger charge is 2.31. The molecule has 7 heteroatoms. The van der Waals surface area contributed by atoms with Gasteiger partial charge in [0.1, 0.15) is 0 Å². The molecule has 0 aromatic heterocycles. The predicted molar refractivity (Wildman–Crippen MR) is 96.9 cm³/mol. The molecule has 136 valence electrons. The van der Waals surface area contributed by atoms with Gasteiger partial charge in [0.2, 0.25) is 0 Å². The molecular weight excluding hydrogens is 354 g/mol. The molecule has 3 rings (SSSR count). The van der Waals surface area contributed by atoms with Gasteiger partial charge >= 0.3 is 5.97 Å². The van der Waals surface area contributed by atoms with Crippen LogP contribution in [0.5, 0.6) is 0 Å². The van der Waals surface area contributed by atoms with E-state index < -0.39 is 15.8 Å². The molecule has 0 spiro atoms. The number of nitrogens with zero attached hydrogens (tertiary/aromatic N) is 1. The van der Waals surface area contributed by atoms with Crippen LogP contribution in [-0.2, 0) is 25.8 Å². The summed E-state index contributed by atoms with van der Waals surface area (Å²) in [4.78, 5) is 26.4. The van der Waals surface area contributed by atoms with E-state index in [9.17, 15) is 18.0 Å². The minimum atomic E-state index is -3.33. The number of fused-ring (bicyclic) bond motifs is 1. The molecule has 0 N–H and O–H groups in total. The van der Waals surface area contributed by atoms with Crippen LogP contribution in [0.3, 0.4) is 0 Å². The van der Waals surface area contributed by atoms with Gasteiger partial charge in [-0.3, -0.25) is 4.79 Å². The molecule has 26 heavy (non-hydrogen) atoms. The number of anilines is 1. The summed E-state index contributed by atoms with van der Waals surface area (Å²) in [7, 11) is -3.33. The van der Waals surface area contributed by atoms with Crippen molar-refractivity contribution in [3.63, 3.8) is 0 Å². The third-order valence-electron chi connectivity index (χ3n) is 4.32. The Balaban J connectivity index is 1.65. The van der Waals surface area contributed by atoms with E-state index in [2.05, 4.69) is 0 Å². The minimum Gasteiger partial charge on any atom is -0.452 e. The molecule has 0 unspecified atom stereocenters. The number of amides is 1. The number of hydrogen-bond donors (Lipinski definition) is 0. The third kappa shape index (κ3) is 3.62. The summed E-state index contributed by atoms with van der Waals surface area (Å²) < 4.78 is 28.0. The van der Waals surface area contributed by atoms with Gasteiger partial charge < -0.3 is 9.64 Å². The Labute approximate surface area is 152 Å². The lowest BCUT2D eigenvalue weighted by Crippen LogP contribution is -2.38. The highest BCUT2D eigenvalue weighted by Crippen LogP contribution is 2.31. The van der Waals surface area contributed by atoms with E-state index in [1.165, 1.54) is 24.3 Å². The zero-order chi connectivity index (χ0) is 18.9. The van der Waals surface area contributed by atoms with Gasteiger partial charge in [-0.2, -0.15) is 0 Å². The van der Waals surface area contributed by atoms with Crippen molar-refractivity contribution in [2.75, 3.05) is 17.8 Å². The van der Waals surface area contributed by atoms with Gasteiger partial charge in [0, 0.05) is 18.0 Å². The minimum absolute atomic E-state index is 0.00708. The smallest absolute Gasteiger partial charge is 0.338 e. The Morgan fingerprint density at radius 3 is 2.42 bits per heavy atom. The van der Waals surface area contributed by atoms with Crippen LogP contribution in [0.15, 0.2) is 53.4 Å². The van der Waals surface area contributed by atoms with E-state index in [-0.39, 0.29) is 29.0 Å². The van der Waals surface area contributed by atoms with E-state index >= 15 is 0 Å². The maximum atomic E-state index is 12.5. The number of para-hydroxylation sites is 1. The quantitative estimate of drug-likeness (QED) is 0.768. The van der Waals surface area contributed by atoms with Crippen molar-refractivity contribution in [3.05, 3.63) is 59.7 Å². The van der Waals surface area contributed by atoms with E-state index in [0.717, 1.165) is 23.9 Å². The van der Waals surface area contributed by atoms with Crippen LogP contribution in [0, 0.1) is 0 Å².